The molecule has 3 atom stereocenters. The highest BCUT2D eigenvalue weighted by atomic mass is 15.2. The van der Waals surface area contributed by atoms with E-state index < -0.39 is 0 Å². The summed E-state index contributed by atoms with van der Waals surface area (Å²) in [6.07, 6.45) is 5.03. The smallest absolute Gasteiger partial charge is 0.0419 e. The maximum absolute atomic E-state index is 3.45. The number of nitrogens with one attached hydrogen (secondary N) is 1. The summed E-state index contributed by atoms with van der Waals surface area (Å²) in [4.78, 5) is 2.66. The molecule has 0 saturated carbocycles. The first kappa shape index (κ1) is 14.4. The highest BCUT2D eigenvalue weighted by molar-refractivity contribution is 5.57. The average molecular weight is 260 g/mol. The van der Waals surface area contributed by atoms with Crippen molar-refractivity contribution in [1.29, 1.82) is 0 Å². The zero-order valence-corrected chi connectivity index (χ0v) is 12.8. The van der Waals surface area contributed by atoms with Crippen molar-refractivity contribution >= 4 is 5.69 Å². The first-order chi connectivity index (χ1) is 9.22. The topological polar surface area (TPSA) is 15.3 Å². The summed E-state index contributed by atoms with van der Waals surface area (Å²) in [6.45, 7) is 6.93. The van der Waals surface area contributed by atoms with Crippen molar-refractivity contribution in [2.24, 2.45) is 0 Å². The molecule has 0 amide bonds. The van der Waals surface area contributed by atoms with Crippen molar-refractivity contribution in [3.05, 3.63) is 29.8 Å². The second-order valence-electron chi connectivity index (χ2n) is 5.70. The van der Waals surface area contributed by atoms with Crippen LogP contribution in [0.5, 0.6) is 0 Å². The minimum Gasteiger partial charge on any atom is -0.366 e. The molecule has 106 valence electrons. The Morgan fingerprint density at radius 2 is 2.00 bits per heavy atom. The Bertz CT molecular complexity index is 398. The molecule has 2 heteroatoms. The van der Waals surface area contributed by atoms with Crippen LogP contribution in [0.25, 0.3) is 0 Å². The summed E-state index contributed by atoms with van der Waals surface area (Å²) in [5.74, 6) is 0. The molecule has 1 aromatic carbocycles. The lowest BCUT2D eigenvalue weighted by Gasteiger charge is -2.34. The van der Waals surface area contributed by atoms with E-state index in [2.05, 4.69) is 62.3 Å². The standard InChI is InChI=1S/C17H28N2/c1-5-14-12-11-13(3)19(14)17-10-8-7-9-15(17)16(6-2)18-4/h7-10,13-14,16,18H,5-6,11-12H2,1-4H3. The Morgan fingerprint density at radius 3 is 2.63 bits per heavy atom. The van der Waals surface area contributed by atoms with E-state index in [4.69, 9.17) is 0 Å². The molecule has 0 radical (unpaired) electrons. The molecule has 0 aromatic heterocycles. The largest absolute Gasteiger partial charge is 0.366 e. The maximum atomic E-state index is 3.45. The Morgan fingerprint density at radius 1 is 1.26 bits per heavy atom. The molecule has 0 bridgehead atoms. The van der Waals surface area contributed by atoms with E-state index in [1.807, 2.05) is 0 Å². The average Bonchev–Trinajstić information content (AvgIpc) is 2.82. The predicted molar refractivity (Wildman–Crippen MR) is 83.8 cm³/mol. The number of hydrogen-bond donors (Lipinski definition) is 1. The van der Waals surface area contributed by atoms with Gasteiger partial charge in [-0.05, 0) is 51.3 Å². The third-order valence-electron chi connectivity index (χ3n) is 4.60. The first-order valence-corrected chi connectivity index (χ1v) is 7.77. The fourth-order valence-electron chi connectivity index (χ4n) is 3.50. The van der Waals surface area contributed by atoms with Gasteiger partial charge >= 0.3 is 0 Å². The predicted octanol–water partition coefficient (Wildman–Crippen LogP) is 4.12. The molecule has 1 heterocycles. The Hall–Kier alpha value is -1.02. The van der Waals surface area contributed by atoms with E-state index in [0.717, 1.165) is 6.42 Å². The lowest BCUT2D eigenvalue weighted by molar-refractivity contribution is 0.565. The van der Waals surface area contributed by atoms with Gasteiger partial charge in [0.1, 0.15) is 0 Å². The SMILES string of the molecule is CCC(NC)c1ccccc1N1C(C)CCC1CC. The van der Waals surface area contributed by atoms with Crippen molar-refractivity contribution in [2.45, 2.75) is 64.6 Å². The second kappa shape index (κ2) is 6.42. The molecule has 1 aromatic rings. The Labute approximate surface area is 118 Å². The second-order valence-corrected chi connectivity index (χ2v) is 5.70. The molecule has 19 heavy (non-hydrogen) atoms. The third kappa shape index (κ3) is 2.79. The van der Waals surface area contributed by atoms with Crippen LogP contribution < -0.4 is 10.2 Å². The van der Waals surface area contributed by atoms with Crippen LogP contribution in [0, 0.1) is 0 Å². The van der Waals surface area contributed by atoms with Crippen LogP contribution in [-0.4, -0.2) is 19.1 Å². The molecule has 2 rings (SSSR count). The van der Waals surface area contributed by atoms with Crippen molar-refractivity contribution in [1.82, 2.24) is 5.32 Å². The summed E-state index contributed by atoms with van der Waals surface area (Å²) in [5.41, 5.74) is 2.90. The minimum absolute atomic E-state index is 0.460. The molecule has 1 aliphatic rings. The fourth-order valence-corrected chi connectivity index (χ4v) is 3.50. The van der Waals surface area contributed by atoms with Gasteiger partial charge in [0.15, 0.2) is 0 Å². The van der Waals surface area contributed by atoms with E-state index in [1.165, 1.54) is 30.5 Å². The van der Waals surface area contributed by atoms with Gasteiger partial charge in [0.25, 0.3) is 0 Å². The van der Waals surface area contributed by atoms with E-state index in [9.17, 15) is 0 Å². The van der Waals surface area contributed by atoms with Gasteiger partial charge in [0.2, 0.25) is 0 Å². The van der Waals surface area contributed by atoms with Gasteiger partial charge in [0, 0.05) is 23.8 Å². The van der Waals surface area contributed by atoms with E-state index in [0.29, 0.717) is 18.1 Å². The molecule has 2 nitrogen and oxygen atoms in total. The molecule has 1 N–H and O–H groups in total. The van der Waals surface area contributed by atoms with Gasteiger partial charge in [-0.25, -0.2) is 0 Å². The minimum atomic E-state index is 0.460. The summed E-state index contributed by atoms with van der Waals surface area (Å²) >= 11 is 0. The Kier molecular flexibility index (Phi) is 4.87. The van der Waals surface area contributed by atoms with Crippen molar-refractivity contribution < 1.29 is 0 Å². The van der Waals surface area contributed by atoms with Crippen LogP contribution in [0.3, 0.4) is 0 Å². The zero-order valence-electron chi connectivity index (χ0n) is 12.8. The van der Waals surface area contributed by atoms with Crippen LogP contribution in [0.15, 0.2) is 24.3 Å². The van der Waals surface area contributed by atoms with Gasteiger partial charge in [-0.15, -0.1) is 0 Å². The number of rotatable bonds is 5. The number of anilines is 1. The van der Waals surface area contributed by atoms with E-state index in [-0.39, 0.29) is 0 Å². The molecular formula is C17H28N2. The van der Waals surface area contributed by atoms with Crippen LogP contribution in [0.2, 0.25) is 0 Å². The van der Waals surface area contributed by atoms with Crippen LogP contribution in [0.1, 0.15) is 58.1 Å². The number of hydrogen-bond acceptors (Lipinski definition) is 2. The van der Waals surface area contributed by atoms with Crippen LogP contribution >= 0.6 is 0 Å². The quantitative estimate of drug-likeness (QED) is 0.856. The molecule has 1 saturated heterocycles. The normalized spacial score (nSPS) is 24.7. The fraction of sp³-hybridized carbons (Fsp3) is 0.647. The highest BCUT2D eigenvalue weighted by Crippen LogP contribution is 2.36. The van der Waals surface area contributed by atoms with E-state index >= 15 is 0 Å². The zero-order chi connectivity index (χ0) is 13.8. The lowest BCUT2D eigenvalue weighted by Crippen LogP contribution is -2.35. The molecule has 0 aliphatic carbocycles. The summed E-state index contributed by atoms with van der Waals surface area (Å²) in [5, 5.41) is 3.45. The Balaban J connectivity index is 2.38. The van der Waals surface area contributed by atoms with Crippen molar-refractivity contribution in [3.8, 4) is 0 Å². The van der Waals surface area contributed by atoms with Gasteiger partial charge in [-0.1, -0.05) is 32.0 Å². The monoisotopic (exact) mass is 260 g/mol. The van der Waals surface area contributed by atoms with Crippen molar-refractivity contribution in [3.63, 3.8) is 0 Å². The molecule has 0 spiro atoms. The summed E-state index contributed by atoms with van der Waals surface area (Å²) in [7, 11) is 2.07. The molecule has 1 aliphatic heterocycles. The number of benzene rings is 1. The third-order valence-corrected chi connectivity index (χ3v) is 4.60. The summed E-state index contributed by atoms with van der Waals surface area (Å²) in [6, 6.07) is 10.8. The first-order valence-electron chi connectivity index (χ1n) is 7.77. The lowest BCUT2D eigenvalue weighted by atomic mass is 10.0. The maximum Gasteiger partial charge on any atom is 0.0419 e. The van der Waals surface area contributed by atoms with Gasteiger partial charge in [0.05, 0.1) is 0 Å². The van der Waals surface area contributed by atoms with Gasteiger partial charge in [-0.3, -0.25) is 0 Å². The molecule has 1 fully saturated rings. The number of nitrogens with zero attached hydrogens (tertiary/aromatic N) is 1. The summed E-state index contributed by atoms with van der Waals surface area (Å²) < 4.78 is 0. The van der Waals surface area contributed by atoms with E-state index in [1.54, 1.807) is 0 Å². The van der Waals surface area contributed by atoms with Crippen LogP contribution in [-0.2, 0) is 0 Å². The van der Waals surface area contributed by atoms with Gasteiger partial charge in [-0.2, -0.15) is 0 Å². The van der Waals surface area contributed by atoms with Gasteiger partial charge < -0.3 is 10.2 Å². The number of para-hydroxylation sites is 1. The highest BCUT2D eigenvalue weighted by Gasteiger charge is 2.31. The van der Waals surface area contributed by atoms with Crippen LogP contribution in [0.4, 0.5) is 5.69 Å². The van der Waals surface area contributed by atoms with Crippen molar-refractivity contribution in [2.75, 3.05) is 11.9 Å². The molecular weight excluding hydrogens is 232 g/mol. The molecule has 3 unspecified atom stereocenters.